The number of para-hydroxylation sites is 2. The van der Waals surface area contributed by atoms with E-state index in [1.807, 2.05) is 60.7 Å². The standard InChI is InChI=1S/C25H25N3O2/c1-30-21-13-11-19(12-14-21)17-25(29)26-16-15-24-27-22-9-5-6-10-23(22)28(24)18-20-7-3-2-4-8-20/h2-14H,15-18H2,1H3,(H,26,29). The van der Waals surface area contributed by atoms with Crippen molar-refractivity contribution in [3.05, 3.63) is 95.8 Å². The fourth-order valence-corrected chi connectivity index (χ4v) is 3.56. The third-order valence-corrected chi connectivity index (χ3v) is 5.11. The van der Waals surface area contributed by atoms with E-state index >= 15 is 0 Å². The van der Waals surface area contributed by atoms with E-state index < -0.39 is 0 Å². The second-order valence-corrected chi connectivity index (χ2v) is 7.21. The molecule has 0 radical (unpaired) electrons. The van der Waals surface area contributed by atoms with Gasteiger partial charge in [0.05, 0.1) is 24.6 Å². The molecule has 0 atom stereocenters. The summed E-state index contributed by atoms with van der Waals surface area (Å²) in [5.74, 6) is 1.77. The van der Waals surface area contributed by atoms with E-state index in [2.05, 4.69) is 28.1 Å². The summed E-state index contributed by atoms with van der Waals surface area (Å²) < 4.78 is 7.39. The lowest BCUT2D eigenvalue weighted by atomic mass is 10.1. The van der Waals surface area contributed by atoms with Crippen LogP contribution in [-0.4, -0.2) is 29.1 Å². The predicted octanol–water partition coefficient (Wildman–Crippen LogP) is 3.99. The number of nitrogens with zero attached hydrogens (tertiary/aromatic N) is 2. The van der Waals surface area contributed by atoms with Crippen LogP contribution in [0.1, 0.15) is 17.0 Å². The number of imidazole rings is 1. The van der Waals surface area contributed by atoms with Crippen LogP contribution in [0.3, 0.4) is 0 Å². The number of rotatable bonds is 8. The number of fused-ring (bicyclic) bond motifs is 1. The van der Waals surface area contributed by atoms with Gasteiger partial charge in [0.1, 0.15) is 11.6 Å². The van der Waals surface area contributed by atoms with Gasteiger partial charge in [-0.1, -0.05) is 54.6 Å². The smallest absolute Gasteiger partial charge is 0.224 e. The monoisotopic (exact) mass is 399 g/mol. The molecule has 4 rings (SSSR count). The molecule has 30 heavy (non-hydrogen) atoms. The molecule has 4 aromatic rings. The van der Waals surface area contributed by atoms with Crippen molar-refractivity contribution in [2.45, 2.75) is 19.4 Å². The van der Waals surface area contributed by atoms with Crippen molar-refractivity contribution in [3.63, 3.8) is 0 Å². The predicted molar refractivity (Wildman–Crippen MR) is 119 cm³/mol. The zero-order chi connectivity index (χ0) is 20.8. The molecule has 1 N–H and O–H groups in total. The van der Waals surface area contributed by atoms with Gasteiger partial charge in [-0.3, -0.25) is 4.79 Å². The van der Waals surface area contributed by atoms with Crippen LogP contribution in [-0.2, 0) is 24.2 Å². The highest BCUT2D eigenvalue weighted by atomic mass is 16.5. The van der Waals surface area contributed by atoms with Crippen LogP contribution in [0.2, 0.25) is 0 Å². The summed E-state index contributed by atoms with van der Waals surface area (Å²) in [7, 11) is 1.63. The summed E-state index contributed by atoms with van der Waals surface area (Å²) in [4.78, 5) is 17.1. The quantitative estimate of drug-likeness (QED) is 0.487. The van der Waals surface area contributed by atoms with Crippen LogP contribution in [0.5, 0.6) is 5.75 Å². The first kappa shape index (κ1) is 19.7. The molecule has 0 unspecified atom stereocenters. The van der Waals surface area contributed by atoms with Crippen LogP contribution in [0.15, 0.2) is 78.9 Å². The van der Waals surface area contributed by atoms with E-state index in [4.69, 9.17) is 9.72 Å². The first-order valence-electron chi connectivity index (χ1n) is 10.1. The lowest BCUT2D eigenvalue weighted by Crippen LogP contribution is -2.28. The van der Waals surface area contributed by atoms with Crippen LogP contribution < -0.4 is 10.1 Å². The Kier molecular flexibility index (Phi) is 6.09. The maximum absolute atomic E-state index is 12.3. The summed E-state index contributed by atoms with van der Waals surface area (Å²) >= 11 is 0. The highest BCUT2D eigenvalue weighted by molar-refractivity contribution is 5.78. The fourth-order valence-electron chi connectivity index (χ4n) is 3.56. The maximum atomic E-state index is 12.3. The number of hydrogen-bond acceptors (Lipinski definition) is 3. The Labute approximate surface area is 176 Å². The van der Waals surface area contributed by atoms with Gasteiger partial charge in [0, 0.05) is 19.5 Å². The van der Waals surface area contributed by atoms with Gasteiger partial charge in [-0.05, 0) is 35.4 Å². The molecular weight excluding hydrogens is 374 g/mol. The molecule has 0 saturated heterocycles. The van der Waals surface area contributed by atoms with Crippen LogP contribution in [0.25, 0.3) is 11.0 Å². The van der Waals surface area contributed by atoms with Crippen LogP contribution in [0, 0.1) is 0 Å². The van der Waals surface area contributed by atoms with Crippen LogP contribution in [0.4, 0.5) is 0 Å². The van der Waals surface area contributed by atoms with E-state index in [0.717, 1.165) is 34.7 Å². The molecule has 0 fully saturated rings. The second kappa shape index (κ2) is 9.27. The number of amides is 1. The van der Waals surface area contributed by atoms with Crippen LogP contribution >= 0.6 is 0 Å². The first-order chi connectivity index (χ1) is 14.7. The maximum Gasteiger partial charge on any atom is 0.224 e. The van der Waals surface area contributed by atoms with E-state index in [0.29, 0.717) is 19.4 Å². The Morgan fingerprint density at radius 1 is 0.933 bits per heavy atom. The van der Waals surface area contributed by atoms with Crippen molar-refractivity contribution in [2.75, 3.05) is 13.7 Å². The molecule has 0 bridgehead atoms. The third-order valence-electron chi connectivity index (χ3n) is 5.11. The Morgan fingerprint density at radius 3 is 2.43 bits per heavy atom. The Morgan fingerprint density at radius 2 is 1.67 bits per heavy atom. The van der Waals surface area contributed by atoms with E-state index in [1.54, 1.807) is 7.11 Å². The largest absolute Gasteiger partial charge is 0.497 e. The average Bonchev–Trinajstić information content (AvgIpc) is 3.12. The summed E-state index contributed by atoms with van der Waals surface area (Å²) in [6.45, 7) is 1.31. The highest BCUT2D eigenvalue weighted by Crippen LogP contribution is 2.18. The van der Waals surface area contributed by atoms with Gasteiger partial charge in [-0.25, -0.2) is 4.98 Å². The molecule has 1 heterocycles. The van der Waals surface area contributed by atoms with E-state index in [9.17, 15) is 4.79 Å². The number of hydrogen-bond donors (Lipinski definition) is 1. The Bertz CT molecular complexity index is 1120. The molecule has 5 heteroatoms. The summed E-state index contributed by atoms with van der Waals surface area (Å²) in [6, 6.07) is 26.1. The summed E-state index contributed by atoms with van der Waals surface area (Å²) in [5.41, 5.74) is 4.28. The minimum atomic E-state index is 0.00545. The Balaban J connectivity index is 1.41. The van der Waals surface area contributed by atoms with Gasteiger partial charge in [0.25, 0.3) is 0 Å². The van der Waals surface area contributed by atoms with E-state index in [1.165, 1.54) is 5.56 Å². The summed E-state index contributed by atoms with van der Waals surface area (Å²) in [5, 5.41) is 3.02. The summed E-state index contributed by atoms with van der Waals surface area (Å²) in [6.07, 6.45) is 1.03. The topological polar surface area (TPSA) is 56.1 Å². The molecule has 1 aromatic heterocycles. The lowest BCUT2D eigenvalue weighted by Gasteiger charge is -2.10. The average molecular weight is 399 g/mol. The Hall–Kier alpha value is -3.60. The molecule has 0 saturated carbocycles. The van der Waals surface area contributed by atoms with Crippen molar-refractivity contribution >= 4 is 16.9 Å². The van der Waals surface area contributed by atoms with Gasteiger partial charge >= 0.3 is 0 Å². The molecule has 152 valence electrons. The molecule has 0 spiro atoms. The minimum Gasteiger partial charge on any atom is -0.497 e. The van der Waals surface area contributed by atoms with Crippen molar-refractivity contribution in [3.8, 4) is 5.75 Å². The van der Waals surface area contributed by atoms with Crippen molar-refractivity contribution < 1.29 is 9.53 Å². The molecule has 1 amide bonds. The van der Waals surface area contributed by atoms with Crippen molar-refractivity contribution in [1.29, 1.82) is 0 Å². The third kappa shape index (κ3) is 4.69. The number of carbonyl (C=O) groups excluding carboxylic acids is 1. The second-order valence-electron chi connectivity index (χ2n) is 7.21. The molecule has 3 aromatic carbocycles. The van der Waals surface area contributed by atoms with Gasteiger partial charge in [0.15, 0.2) is 0 Å². The first-order valence-corrected chi connectivity index (χ1v) is 10.1. The molecule has 0 aliphatic carbocycles. The zero-order valence-electron chi connectivity index (χ0n) is 17.0. The van der Waals surface area contributed by atoms with Gasteiger partial charge in [-0.15, -0.1) is 0 Å². The number of nitrogens with one attached hydrogen (secondary N) is 1. The van der Waals surface area contributed by atoms with Crippen molar-refractivity contribution in [1.82, 2.24) is 14.9 Å². The molecule has 0 aliphatic rings. The SMILES string of the molecule is COc1ccc(CC(=O)NCCc2nc3ccccc3n2Cc2ccccc2)cc1. The highest BCUT2D eigenvalue weighted by Gasteiger charge is 2.11. The number of ether oxygens (including phenoxy) is 1. The van der Waals surface area contributed by atoms with Gasteiger partial charge in [0.2, 0.25) is 5.91 Å². The minimum absolute atomic E-state index is 0.00545. The van der Waals surface area contributed by atoms with Gasteiger partial charge in [-0.2, -0.15) is 0 Å². The fraction of sp³-hybridized carbons (Fsp3) is 0.200. The number of benzene rings is 3. The molecule has 5 nitrogen and oxygen atoms in total. The number of aromatic nitrogens is 2. The number of carbonyl (C=O) groups is 1. The van der Waals surface area contributed by atoms with E-state index in [-0.39, 0.29) is 5.91 Å². The van der Waals surface area contributed by atoms with Crippen molar-refractivity contribution in [2.24, 2.45) is 0 Å². The number of methoxy groups -OCH3 is 1. The lowest BCUT2D eigenvalue weighted by molar-refractivity contribution is -0.120. The van der Waals surface area contributed by atoms with Gasteiger partial charge < -0.3 is 14.6 Å². The molecule has 0 aliphatic heterocycles. The molecular formula is C25H25N3O2. The zero-order valence-corrected chi connectivity index (χ0v) is 17.0. The normalized spacial score (nSPS) is 10.8.